The molecule has 0 aromatic heterocycles. The van der Waals surface area contributed by atoms with Gasteiger partial charge in [-0.05, 0) is 37.0 Å². The topological polar surface area (TPSA) is 56.7 Å². The maximum atomic E-state index is 13.1. The molecule has 1 fully saturated rings. The van der Waals surface area contributed by atoms with Crippen molar-refractivity contribution in [3.63, 3.8) is 0 Å². The molecular weight excluding hydrogens is 283 g/mol. The fraction of sp³-hybridized carbons (Fsp3) is 0.500. The third-order valence-corrected chi connectivity index (χ3v) is 3.68. The molecule has 1 aromatic rings. The van der Waals surface area contributed by atoms with E-state index < -0.39 is 0 Å². The van der Waals surface area contributed by atoms with Crippen LogP contribution in [0.5, 0.6) is 0 Å². The molecule has 5 nitrogen and oxygen atoms in total. The van der Waals surface area contributed by atoms with E-state index in [4.69, 9.17) is 0 Å². The Balaban J connectivity index is 1.84. The van der Waals surface area contributed by atoms with Gasteiger partial charge in [-0.3, -0.25) is 9.79 Å². The number of carbonyl (C=O) groups is 1. The van der Waals surface area contributed by atoms with E-state index in [1.165, 1.54) is 18.6 Å². The molecule has 1 aliphatic rings. The minimum atomic E-state index is -0.371. The van der Waals surface area contributed by atoms with Gasteiger partial charge in [0.15, 0.2) is 5.96 Å². The number of anilines is 1. The summed E-state index contributed by atoms with van der Waals surface area (Å²) < 4.78 is 13.1. The Labute approximate surface area is 130 Å². The van der Waals surface area contributed by atoms with E-state index in [9.17, 15) is 9.18 Å². The zero-order chi connectivity index (χ0) is 15.9. The molecule has 1 heterocycles. The number of rotatable bonds is 3. The van der Waals surface area contributed by atoms with E-state index in [0.29, 0.717) is 11.6 Å². The summed E-state index contributed by atoms with van der Waals surface area (Å²) in [6.07, 6.45) is 2.37. The fourth-order valence-corrected chi connectivity index (χ4v) is 2.64. The van der Waals surface area contributed by atoms with Crippen molar-refractivity contribution in [2.75, 3.05) is 32.0 Å². The van der Waals surface area contributed by atoms with Crippen LogP contribution >= 0.6 is 0 Å². The molecule has 120 valence electrons. The predicted molar refractivity (Wildman–Crippen MR) is 86.4 cm³/mol. The Bertz CT molecular complexity index is 547. The first-order chi connectivity index (χ1) is 10.6. The number of likely N-dealkylation sites (tertiary alicyclic amines) is 1. The molecule has 6 heteroatoms. The van der Waals surface area contributed by atoms with Gasteiger partial charge in [-0.15, -0.1) is 0 Å². The number of hydrogen-bond acceptors (Lipinski definition) is 2. The lowest BCUT2D eigenvalue weighted by Gasteiger charge is -2.33. The number of guanidine groups is 1. The number of amides is 1. The van der Waals surface area contributed by atoms with Gasteiger partial charge in [0.25, 0.3) is 0 Å². The fourth-order valence-electron chi connectivity index (χ4n) is 2.64. The molecule has 1 atom stereocenters. The number of carbonyl (C=O) groups excluding carboxylic acids is 1. The summed E-state index contributed by atoms with van der Waals surface area (Å²) in [5.41, 5.74) is 0.452. The van der Waals surface area contributed by atoms with Crippen LogP contribution in [0.3, 0.4) is 0 Å². The minimum Gasteiger partial charge on any atom is -0.347 e. The van der Waals surface area contributed by atoms with E-state index >= 15 is 0 Å². The van der Waals surface area contributed by atoms with Crippen molar-refractivity contribution in [3.8, 4) is 0 Å². The Morgan fingerprint density at radius 2 is 2.32 bits per heavy atom. The SMILES string of the molecule is CN=C(NCC(=O)Nc1cccc(F)c1)N1CCCC(C)C1. The molecule has 1 saturated heterocycles. The highest BCUT2D eigenvalue weighted by Crippen LogP contribution is 2.15. The van der Waals surface area contributed by atoms with Gasteiger partial charge in [0.2, 0.25) is 5.91 Å². The smallest absolute Gasteiger partial charge is 0.243 e. The number of piperidine rings is 1. The van der Waals surface area contributed by atoms with Crippen LogP contribution in [0.15, 0.2) is 29.3 Å². The lowest BCUT2D eigenvalue weighted by molar-refractivity contribution is -0.115. The summed E-state index contributed by atoms with van der Waals surface area (Å²) in [7, 11) is 1.71. The Morgan fingerprint density at radius 1 is 1.50 bits per heavy atom. The van der Waals surface area contributed by atoms with Crippen molar-refractivity contribution in [3.05, 3.63) is 30.1 Å². The quantitative estimate of drug-likeness (QED) is 0.664. The van der Waals surface area contributed by atoms with Gasteiger partial charge in [-0.1, -0.05) is 13.0 Å². The molecule has 1 aromatic carbocycles. The van der Waals surface area contributed by atoms with Crippen LogP contribution in [-0.2, 0) is 4.79 Å². The van der Waals surface area contributed by atoms with Crippen LogP contribution in [0.25, 0.3) is 0 Å². The van der Waals surface area contributed by atoms with Crippen LogP contribution in [0, 0.1) is 11.7 Å². The molecule has 2 rings (SSSR count). The highest BCUT2D eigenvalue weighted by Gasteiger charge is 2.19. The zero-order valence-corrected chi connectivity index (χ0v) is 13.1. The molecule has 0 saturated carbocycles. The van der Waals surface area contributed by atoms with Gasteiger partial charge in [0, 0.05) is 25.8 Å². The molecule has 1 amide bonds. The van der Waals surface area contributed by atoms with Crippen molar-refractivity contribution in [2.24, 2.45) is 10.9 Å². The number of aliphatic imine (C=N–C) groups is 1. The normalized spacial score (nSPS) is 19.0. The maximum Gasteiger partial charge on any atom is 0.243 e. The first kappa shape index (κ1) is 16.3. The van der Waals surface area contributed by atoms with Crippen molar-refractivity contribution < 1.29 is 9.18 Å². The molecule has 1 unspecified atom stereocenters. The van der Waals surface area contributed by atoms with E-state index in [0.717, 1.165) is 25.5 Å². The van der Waals surface area contributed by atoms with Gasteiger partial charge in [-0.25, -0.2) is 4.39 Å². The van der Waals surface area contributed by atoms with Crippen LogP contribution in [0.1, 0.15) is 19.8 Å². The van der Waals surface area contributed by atoms with E-state index in [2.05, 4.69) is 27.4 Å². The molecule has 0 radical (unpaired) electrons. The van der Waals surface area contributed by atoms with Crippen LogP contribution < -0.4 is 10.6 Å². The van der Waals surface area contributed by atoms with Crippen molar-refractivity contribution in [1.29, 1.82) is 0 Å². The Morgan fingerprint density at radius 3 is 3.00 bits per heavy atom. The maximum absolute atomic E-state index is 13.1. The number of nitrogens with zero attached hydrogens (tertiary/aromatic N) is 2. The first-order valence-corrected chi connectivity index (χ1v) is 7.59. The van der Waals surface area contributed by atoms with Crippen molar-refractivity contribution in [2.45, 2.75) is 19.8 Å². The lowest BCUT2D eigenvalue weighted by Crippen LogP contribution is -2.48. The minimum absolute atomic E-state index is 0.105. The summed E-state index contributed by atoms with van der Waals surface area (Å²) in [6.45, 7) is 4.23. The average molecular weight is 306 g/mol. The highest BCUT2D eigenvalue weighted by molar-refractivity contribution is 5.95. The number of benzene rings is 1. The largest absolute Gasteiger partial charge is 0.347 e. The molecule has 1 aliphatic heterocycles. The standard InChI is InChI=1S/C16H23FN4O/c1-12-5-4-8-21(11-12)16(18-2)19-10-15(22)20-14-7-3-6-13(17)9-14/h3,6-7,9,12H,4-5,8,10-11H2,1-2H3,(H,18,19)(H,20,22). The van der Waals surface area contributed by atoms with E-state index in [1.54, 1.807) is 19.2 Å². The van der Waals surface area contributed by atoms with Crippen molar-refractivity contribution in [1.82, 2.24) is 10.2 Å². The van der Waals surface area contributed by atoms with E-state index in [-0.39, 0.29) is 18.3 Å². The summed E-state index contributed by atoms with van der Waals surface area (Å²) >= 11 is 0. The monoisotopic (exact) mass is 306 g/mol. The number of nitrogens with one attached hydrogen (secondary N) is 2. The summed E-state index contributed by atoms with van der Waals surface area (Å²) in [5.74, 6) is 0.773. The van der Waals surface area contributed by atoms with Gasteiger partial charge in [-0.2, -0.15) is 0 Å². The summed E-state index contributed by atoms with van der Waals surface area (Å²) in [5, 5.41) is 5.72. The Kier molecular flexibility index (Phi) is 5.75. The van der Waals surface area contributed by atoms with E-state index in [1.807, 2.05) is 0 Å². The summed E-state index contributed by atoms with van der Waals surface area (Å²) in [4.78, 5) is 18.3. The van der Waals surface area contributed by atoms with Crippen molar-refractivity contribution >= 4 is 17.6 Å². The number of hydrogen-bond donors (Lipinski definition) is 2. The van der Waals surface area contributed by atoms with Gasteiger partial charge in [0.05, 0.1) is 6.54 Å². The second-order valence-electron chi connectivity index (χ2n) is 5.65. The molecule has 0 bridgehead atoms. The molecule has 22 heavy (non-hydrogen) atoms. The first-order valence-electron chi connectivity index (χ1n) is 7.59. The van der Waals surface area contributed by atoms with Crippen LogP contribution in [-0.4, -0.2) is 43.4 Å². The lowest BCUT2D eigenvalue weighted by atomic mass is 10.0. The third kappa shape index (κ3) is 4.72. The molecule has 0 aliphatic carbocycles. The highest BCUT2D eigenvalue weighted by atomic mass is 19.1. The second kappa shape index (κ2) is 7.77. The molecular formula is C16H23FN4O. The van der Waals surface area contributed by atoms with Crippen LogP contribution in [0.4, 0.5) is 10.1 Å². The van der Waals surface area contributed by atoms with Gasteiger partial charge >= 0.3 is 0 Å². The number of halogens is 1. The zero-order valence-electron chi connectivity index (χ0n) is 13.1. The summed E-state index contributed by atoms with van der Waals surface area (Å²) in [6, 6.07) is 5.85. The predicted octanol–water partition coefficient (Wildman–Crippen LogP) is 2.07. The van der Waals surface area contributed by atoms with Gasteiger partial charge < -0.3 is 15.5 Å². The average Bonchev–Trinajstić information content (AvgIpc) is 2.48. The second-order valence-corrected chi connectivity index (χ2v) is 5.65. The van der Waals surface area contributed by atoms with Crippen LogP contribution in [0.2, 0.25) is 0 Å². The van der Waals surface area contributed by atoms with Gasteiger partial charge in [0.1, 0.15) is 5.82 Å². The Hall–Kier alpha value is -2.11. The third-order valence-electron chi connectivity index (χ3n) is 3.68. The molecule has 0 spiro atoms. The molecule has 2 N–H and O–H groups in total.